The molecule has 3 aromatic carbocycles. The molecule has 1 saturated heterocycles. The summed E-state index contributed by atoms with van der Waals surface area (Å²) >= 11 is 0. The summed E-state index contributed by atoms with van der Waals surface area (Å²) in [7, 11) is 3.24. The van der Waals surface area contributed by atoms with Crippen molar-refractivity contribution in [1.29, 1.82) is 0 Å². The number of nitrogens with one attached hydrogen (secondary N) is 1. The Bertz CT molecular complexity index is 1110. The highest BCUT2D eigenvalue weighted by molar-refractivity contribution is 6.05. The Morgan fingerprint density at radius 2 is 1.50 bits per heavy atom. The smallest absolute Gasteiger partial charge is 0.255 e. The minimum atomic E-state index is -0.445. The average Bonchev–Trinajstić information content (AvgIpc) is 2.86. The van der Waals surface area contributed by atoms with Gasteiger partial charge in [0.15, 0.2) is 0 Å². The van der Waals surface area contributed by atoms with Crippen molar-refractivity contribution in [3.05, 3.63) is 89.2 Å². The van der Waals surface area contributed by atoms with Crippen LogP contribution in [0.25, 0.3) is 0 Å². The van der Waals surface area contributed by atoms with Crippen molar-refractivity contribution in [2.75, 3.05) is 45.7 Å². The van der Waals surface area contributed by atoms with E-state index in [0.29, 0.717) is 11.4 Å². The van der Waals surface area contributed by atoms with E-state index in [1.54, 1.807) is 20.3 Å². The van der Waals surface area contributed by atoms with Crippen LogP contribution >= 0.6 is 0 Å². The van der Waals surface area contributed by atoms with Crippen molar-refractivity contribution in [1.82, 2.24) is 9.80 Å². The SMILES string of the molecule is COc1ccc(CN2CCN(Cc3ccc(OC)c(NC(=O)c4cccc(F)c4)c3)CC2)cc1. The number of amides is 1. The lowest BCUT2D eigenvalue weighted by molar-refractivity contribution is 0.102. The molecule has 1 amide bonds. The second-order valence-electron chi connectivity index (χ2n) is 8.40. The lowest BCUT2D eigenvalue weighted by atomic mass is 10.1. The molecular formula is C27H30FN3O3. The van der Waals surface area contributed by atoms with Crippen LogP contribution in [-0.4, -0.2) is 56.1 Å². The fraction of sp³-hybridized carbons (Fsp3) is 0.296. The highest BCUT2D eigenvalue weighted by Crippen LogP contribution is 2.27. The second kappa shape index (κ2) is 11.1. The van der Waals surface area contributed by atoms with Crippen molar-refractivity contribution < 1.29 is 18.7 Å². The van der Waals surface area contributed by atoms with Gasteiger partial charge in [0.1, 0.15) is 17.3 Å². The quantitative estimate of drug-likeness (QED) is 0.536. The third-order valence-electron chi connectivity index (χ3n) is 6.04. The van der Waals surface area contributed by atoms with Gasteiger partial charge in [-0.25, -0.2) is 4.39 Å². The Labute approximate surface area is 199 Å². The van der Waals surface area contributed by atoms with Crippen molar-refractivity contribution in [3.63, 3.8) is 0 Å². The molecule has 1 aliphatic heterocycles. The molecule has 7 heteroatoms. The minimum absolute atomic E-state index is 0.264. The summed E-state index contributed by atoms with van der Waals surface area (Å²) in [6.07, 6.45) is 0. The first-order valence-corrected chi connectivity index (χ1v) is 11.4. The zero-order valence-electron chi connectivity index (χ0n) is 19.6. The molecule has 0 aliphatic carbocycles. The molecule has 0 unspecified atom stereocenters. The van der Waals surface area contributed by atoms with Crippen LogP contribution in [0.5, 0.6) is 11.5 Å². The Hall–Kier alpha value is -3.42. The van der Waals surface area contributed by atoms with Crippen LogP contribution in [0.4, 0.5) is 10.1 Å². The normalized spacial score (nSPS) is 14.6. The first kappa shape index (κ1) is 23.7. The van der Waals surface area contributed by atoms with Crippen LogP contribution in [0.3, 0.4) is 0 Å². The Morgan fingerprint density at radius 3 is 2.12 bits per heavy atom. The maximum Gasteiger partial charge on any atom is 0.255 e. The Morgan fingerprint density at radius 1 is 0.853 bits per heavy atom. The van der Waals surface area contributed by atoms with Gasteiger partial charge in [0.2, 0.25) is 0 Å². The van der Waals surface area contributed by atoms with Gasteiger partial charge in [-0.3, -0.25) is 14.6 Å². The number of halogens is 1. The van der Waals surface area contributed by atoms with Gasteiger partial charge in [-0.15, -0.1) is 0 Å². The summed E-state index contributed by atoms with van der Waals surface area (Å²) in [6.45, 7) is 5.62. The lowest BCUT2D eigenvalue weighted by Gasteiger charge is -2.34. The van der Waals surface area contributed by atoms with Gasteiger partial charge in [-0.05, 0) is 53.6 Å². The number of anilines is 1. The van der Waals surface area contributed by atoms with Crippen LogP contribution < -0.4 is 14.8 Å². The van der Waals surface area contributed by atoms with Crippen LogP contribution in [0.1, 0.15) is 21.5 Å². The van der Waals surface area contributed by atoms with Crippen molar-refractivity contribution in [3.8, 4) is 11.5 Å². The van der Waals surface area contributed by atoms with E-state index in [9.17, 15) is 9.18 Å². The van der Waals surface area contributed by atoms with Crippen molar-refractivity contribution in [2.24, 2.45) is 0 Å². The third-order valence-corrected chi connectivity index (χ3v) is 6.04. The molecule has 4 rings (SSSR count). The predicted octanol–water partition coefficient (Wildman–Crippen LogP) is 4.41. The van der Waals surface area contributed by atoms with E-state index in [1.165, 1.54) is 23.8 Å². The van der Waals surface area contributed by atoms with Gasteiger partial charge in [0.05, 0.1) is 19.9 Å². The number of hydrogen-bond acceptors (Lipinski definition) is 5. The molecule has 0 aromatic heterocycles. The van der Waals surface area contributed by atoms with Crippen LogP contribution in [0.15, 0.2) is 66.7 Å². The molecule has 0 atom stereocenters. The topological polar surface area (TPSA) is 54.0 Å². The number of methoxy groups -OCH3 is 2. The van der Waals surface area contributed by atoms with Crippen LogP contribution in [0.2, 0.25) is 0 Å². The molecule has 1 heterocycles. The summed E-state index contributed by atoms with van der Waals surface area (Å²) in [5.74, 6) is 0.624. The summed E-state index contributed by atoms with van der Waals surface area (Å²) in [5, 5.41) is 2.86. The van der Waals surface area contributed by atoms with E-state index >= 15 is 0 Å². The highest BCUT2D eigenvalue weighted by Gasteiger charge is 2.18. The highest BCUT2D eigenvalue weighted by atomic mass is 19.1. The molecule has 34 heavy (non-hydrogen) atoms. The minimum Gasteiger partial charge on any atom is -0.497 e. The Balaban J connectivity index is 1.34. The molecule has 1 N–H and O–H groups in total. The summed E-state index contributed by atoms with van der Waals surface area (Å²) < 4.78 is 24.2. The molecule has 1 fully saturated rings. The fourth-order valence-electron chi connectivity index (χ4n) is 4.13. The van der Waals surface area contributed by atoms with Gasteiger partial charge < -0.3 is 14.8 Å². The third kappa shape index (κ3) is 6.12. The van der Waals surface area contributed by atoms with Gasteiger partial charge >= 0.3 is 0 Å². The number of carbonyl (C=O) groups excluding carboxylic acids is 1. The molecule has 3 aromatic rings. The molecular weight excluding hydrogens is 433 g/mol. The van der Waals surface area contributed by atoms with E-state index in [0.717, 1.165) is 50.6 Å². The number of ether oxygens (including phenoxy) is 2. The summed E-state index contributed by atoms with van der Waals surface area (Å²) in [5.41, 5.74) is 3.20. The first-order chi connectivity index (χ1) is 16.5. The maximum absolute atomic E-state index is 13.5. The van der Waals surface area contributed by atoms with Crippen molar-refractivity contribution in [2.45, 2.75) is 13.1 Å². The summed E-state index contributed by atoms with van der Waals surface area (Å²) in [4.78, 5) is 17.5. The molecule has 0 radical (unpaired) electrons. The standard InChI is InChI=1S/C27H30FN3O3/c1-33-24-9-6-20(7-10-24)18-30-12-14-31(15-13-30)19-21-8-11-26(34-2)25(16-21)29-27(32)22-4-3-5-23(28)17-22/h3-11,16-17H,12-15,18-19H2,1-2H3,(H,29,32). The van der Waals surface area contributed by atoms with E-state index in [-0.39, 0.29) is 11.5 Å². The van der Waals surface area contributed by atoms with Gasteiger partial charge in [0.25, 0.3) is 5.91 Å². The predicted molar refractivity (Wildman–Crippen MR) is 131 cm³/mol. The lowest BCUT2D eigenvalue weighted by Crippen LogP contribution is -2.45. The zero-order valence-corrected chi connectivity index (χ0v) is 19.6. The maximum atomic E-state index is 13.5. The molecule has 0 spiro atoms. The van der Waals surface area contributed by atoms with Crippen LogP contribution in [-0.2, 0) is 13.1 Å². The van der Waals surface area contributed by atoms with Gasteiger partial charge in [-0.1, -0.05) is 24.3 Å². The Kier molecular flexibility index (Phi) is 7.77. The molecule has 0 saturated carbocycles. The molecule has 0 bridgehead atoms. The number of carbonyl (C=O) groups is 1. The fourth-order valence-corrected chi connectivity index (χ4v) is 4.13. The zero-order chi connectivity index (χ0) is 23.9. The van der Waals surface area contributed by atoms with E-state index < -0.39 is 5.82 Å². The number of benzene rings is 3. The number of rotatable bonds is 8. The van der Waals surface area contributed by atoms with Crippen LogP contribution in [0, 0.1) is 5.82 Å². The van der Waals surface area contributed by atoms with Gasteiger partial charge in [0, 0.05) is 44.8 Å². The largest absolute Gasteiger partial charge is 0.497 e. The van der Waals surface area contributed by atoms with E-state index in [1.807, 2.05) is 30.3 Å². The summed E-state index contributed by atoms with van der Waals surface area (Å²) in [6, 6.07) is 19.7. The average molecular weight is 464 g/mol. The first-order valence-electron chi connectivity index (χ1n) is 11.4. The molecule has 1 aliphatic rings. The molecule has 178 valence electrons. The number of nitrogens with zero attached hydrogens (tertiary/aromatic N) is 2. The monoisotopic (exact) mass is 463 g/mol. The van der Waals surface area contributed by atoms with Crippen molar-refractivity contribution >= 4 is 11.6 Å². The number of piperazine rings is 1. The number of hydrogen-bond donors (Lipinski definition) is 1. The second-order valence-corrected chi connectivity index (χ2v) is 8.40. The molecule has 6 nitrogen and oxygen atoms in total. The van der Waals surface area contributed by atoms with E-state index in [2.05, 4.69) is 27.2 Å². The van der Waals surface area contributed by atoms with Gasteiger partial charge in [-0.2, -0.15) is 0 Å². The van der Waals surface area contributed by atoms with E-state index in [4.69, 9.17) is 9.47 Å².